The lowest BCUT2D eigenvalue weighted by atomic mass is 10.2. The van der Waals surface area contributed by atoms with Gasteiger partial charge < -0.3 is 20.2 Å². The number of furan rings is 1. The summed E-state index contributed by atoms with van der Waals surface area (Å²) in [5.74, 6) is 0.249. The van der Waals surface area contributed by atoms with Crippen molar-refractivity contribution in [1.29, 1.82) is 0 Å². The van der Waals surface area contributed by atoms with E-state index in [9.17, 15) is 14.7 Å². The molecule has 0 aliphatic carbocycles. The van der Waals surface area contributed by atoms with Crippen LogP contribution in [0.3, 0.4) is 0 Å². The van der Waals surface area contributed by atoms with Crippen molar-refractivity contribution in [3.8, 4) is 0 Å². The Labute approximate surface area is 112 Å². The second kappa shape index (κ2) is 8.31. The van der Waals surface area contributed by atoms with Crippen LogP contribution >= 0.6 is 0 Å². The van der Waals surface area contributed by atoms with Crippen LogP contribution < -0.4 is 10.6 Å². The number of hydrogen-bond acceptors (Lipinski definition) is 4. The zero-order chi connectivity index (χ0) is 14.1. The highest BCUT2D eigenvalue weighted by Gasteiger charge is 2.15. The van der Waals surface area contributed by atoms with Gasteiger partial charge in [-0.3, -0.25) is 9.59 Å². The van der Waals surface area contributed by atoms with Crippen LogP contribution in [0.1, 0.15) is 38.0 Å². The molecule has 1 atom stereocenters. The fraction of sp³-hybridized carbons (Fsp3) is 0.538. The summed E-state index contributed by atoms with van der Waals surface area (Å²) >= 11 is 0. The van der Waals surface area contributed by atoms with E-state index in [4.69, 9.17) is 4.42 Å². The highest BCUT2D eigenvalue weighted by molar-refractivity contribution is 5.79. The van der Waals surface area contributed by atoms with Crippen LogP contribution in [0.25, 0.3) is 0 Å². The fourth-order valence-electron chi connectivity index (χ4n) is 1.66. The molecule has 2 amide bonds. The van der Waals surface area contributed by atoms with Crippen LogP contribution in [0.15, 0.2) is 22.8 Å². The predicted octanol–water partition coefficient (Wildman–Crippen LogP) is 0.736. The Morgan fingerprint density at radius 1 is 1.37 bits per heavy atom. The number of carbonyl (C=O) groups excluding carboxylic acids is 2. The average molecular weight is 268 g/mol. The average Bonchev–Trinajstić information content (AvgIpc) is 2.90. The molecule has 0 bridgehead atoms. The van der Waals surface area contributed by atoms with Crippen molar-refractivity contribution in [3.05, 3.63) is 24.2 Å². The van der Waals surface area contributed by atoms with Crippen molar-refractivity contribution in [3.63, 3.8) is 0 Å². The van der Waals surface area contributed by atoms with Gasteiger partial charge in [0.1, 0.15) is 11.8 Å². The topological polar surface area (TPSA) is 91.6 Å². The molecule has 106 valence electrons. The van der Waals surface area contributed by atoms with Crippen molar-refractivity contribution >= 4 is 11.8 Å². The third-order valence-corrected chi connectivity index (χ3v) is 2.59. The van der Waals surface area contributed by atoms with Gasteiger partial charge in [0.15, 0.2) is 0 Å². The maximum atomic E-state index is 11.7. The van der Waals surface area contributed by atoms with Gasteiger partial charge in [-0.1, -0.05) is 0 Å². The second-order valence-corrected chi connectivity index (χ2v) is 4.13. The van der Waals surface area contributed by atoms with Crippen LogP contribution in [0.5, 0.6) is 0 Å². The summed E-state index contributed by atoms with van der Waals surface area (Å²) in [4.78, 5) is 22.8. The number of rotatable bonds is 8. The molecule has 0 aliphatic heterocycles. The summed E-state index contributed by atoms with van der Waals surface area (Å²) in [6.45, 7) is 2.21. The number of nitrogens with one attached hydrogen (secondary N) is 2. The molecule has 0 saturated heterocycles. The van der Waals surface area contributed by atoms with Crippen molar-refractivity contribution in [2.24, 2.45) is 0 Å². The molecule has 1 aromatic rings. The van der Waals surface area contributed by atoms with E-state index in [1.165, 1.54) is 6.26 Å². The highest BCUT2D eigenvalue weighted by atomic mass is 16.3. The van der Waals surface area contributed by atoms with E-state index >= 15 is 0 Å². The van der Waals surface area contributed by atoms with E-state index in [-0.39, 0.29) is 24.8 Å². The molecule has 0 aromatic carbocycles. The quantitative estimate of drug-likeness (QED) is 0.648. The Balaban J connectivity index is 2.28. The van der Waals surface area contributed by atoms with Crippen LogP contribution in [0, 0.1) is 0 Å². The van der Waals surface area contributed by atoms with E-state index in [2.05, 4.69) is 10.6 Å². The van der Waals surface area contributed by atoms with E-state index in [1.54, 1.807) is 12.1 Å². The largest absolute Gasteiger partial charge is 0.467 e. The first-order valence-electron chi connectivity index (χ1n) is 6.37. The summed E-state index contributed by atoms with van der Waals surface area (Å²) in [6.07, 6.45) is 2.54. The molecule has 1 unspecified atom stereocenters. The zero-order valence-electron chi connectivity index (χ0n) is 11.0. The van der Waals surface area contributed by atoms with E-state index < -0.39 is 6.04 Å². The minimum absolute atomic E-state index is 0.0555. The second-order valence-electron chi connectivity index (χ2n) is 4.13. The summed E-state index contributed by atoms with van der Waals surface area (Å²) in [6, 6.07) is 2.85. The molecule has 0 spiro atoms. The molecule has 19 heavy (non-hydrogen) atoms. The molecular weight excluding hydrogens is 248 g/mol. The van der Waals surface area contributed by atoms with Gasteiger partial charge in [0, 0.05) is 19.4 Å². The third kappa shape index (κ3) is 5.56. The maximum absolute atomic E-state index is 11.7. The van der Waals surface area contributed by atoms with Gasteiger partial charge in [0.25, 0.3) is 0 Å². The molecule has 0 saturated carbocycles. The number of aliphatic hydroxyl groups excluding tert-OH is 1. The first kappa shape index (κ1) is 15.2. The minimum Gasteiger partial charge on any atom is -0.467 e. The lowest BCUT2D eigenvalue weighted by molar-refractivity contribution is -0.123. The van der Waals surface area contributed by atoms with E-state index in [0.29, 0.717) is 25.1 Å². The first-order chi connectivity index (χ1) is 9.17. The number of aliphatic hydroxyl groups is 1. The summed E-state index contributed by atoms with van der Waals surface area (Å²) in [7, 11) is 0. The van der Waals surface area contributed by atoms with E-state index in [1.807, 2.05) is 6.92 Å². The number of hydrogen-bond donors (Lipinski definition) is 3. The van der Waals surface area contributed by atoms with E-state index in [0.717, 1.165) is 0 Å². The Hall–Kier alpha value is -1.82. The molecule has 1 aromatic heterocycles. The molecule has 0 radical (unpaired) electrons. The van der Waals surface area contributed by atoms with Gasteiger partial charge in [0.2, 0.25) is 11.8 Å². The summed E-state index contributed by atoms with van der Waals surface area (Å²) in [5.41, 5.74) is 0. The minimum atomic E-state index is -0.535. The normalized spacial score (nSPS) is 11.9. The molecule has 0 aliphatic rings. The number of amides is 2. The zero-order valence-corrected chi connectivity index (χ0v) is 11.0. The first-order valence-corrected chi connectivity index (χ1v) is 6.37. The van der Waals surface area contributed by atoms with Crippen LogP contribution in [-0.2, 0) is 9.59 Å². The molecular formula is C13H20N2O4. The van der Waals surface area contributed by atoms with Crippen LogP contribution in [-0.4, -0.2) is 30.1 Å². The molecule has 0 fully saturated rings. The lowest BCUT2D eigenvalue weighted by Crippen LogP contribution is -2.30. The van der Waals surface area contributed by atoms with Gasteiger partial charge in [-0.05, 0) is 25.5 Å². The molecule has 6 heteroatoms. The third-order valence-electron chi connectivity index (χ3n) is 2.59. The monoisotopic (exact) mass is 268 g/mol. The van der Waals surface area contributed by atoms with Crippen molar-refractivity contribution < 1.29 is 19.1 Å². The van der Waals surface area contributed by atoms with Gasteiger partial charge in [-0.2, -0.15) is 0 Å². The van der Waals surface area contributed by atoms with Crippen LogP contribution in [0.4, 0.5) is 0 Å². The smallest absolute Gasteiger partial charge is 0.220 e. The fourth-order valence-corrected chi connectivity index (χ4v) is 1.66. The summed E-state index contributed by atoms with van der Waals surface area (Å²) < 4.78 is 5.12. The molecule has 1 rings (SSSR count). The standard InChI is InChI=1S/C13H20N2O4/c1-2-14-12(17)6-3-7-13(18)15-10(9-16)11-5-4-8-19-11/h4-5,8,10,16H,2-3,6-7,9H2,1H3,(H,14,17)(H,15,18). The van der Waals surface area contributed by atoms with Gasteiger partial charge in [-0.25, -0.2) is 0 Å². The van der Waals surface area contributed by atoms with Crippen molar-refractivity contribution in [2.45, 2.75) is 32.2 Å². The maximum Gasteiger partial charge on any atom is 0.220 e. The Morgan fingerprint density at radius 2 is 2.11 bits per heavy atom. The molecule has 1 heterocycles. The predicted molar refractivity (Wildman–Crippen MR) is 69.2 cm³/mol. The SMILES string of the molecule is CCNC(=O)CCCC(=O)NC(CO)c1ccco1. The van der Waals surface area contributed by atoms with Crippen LogP contribution in [0.2, 0.25) is 0 Å². The molecule has 3 N–H and O–H groups in total. The van der Waals surface area contributed by atoms with Gasteiger partial charge in [0.05, 0.1) is 12.9 Å². The highest BCUT2D eigenvalue weighted by Crippen LogP contribution is 2.12. The van der Waals surface area contributed by atoms with Crippen molar-refractivity contribution in [1.82, 2.24) is 10.6 Å². The molecule has 6 nitrogen and oxygen atoms in total. The van der Waals surface area contributed by atoms with Crippen molar-refractivity contribution in [2.75, 3.05) is 13.2 Å². The number of carbonyl (C=O) groups is 2. The van der Waals surface area contributed by atoms with Gasteiger partial charge >= 0.3 is 0 Å². The lowest BCUT2D eigenvalue weighted by Gasteiger charge is -2.13. The summed E-state index contributed by atoms with van der Waals surface area (Å²) in [5, 5.41) is 14.5. The Kier molecular flexibility index (Phi) is 6.67. The Morgan fingerprint density at radius 3 is 2.68 bits per heavy atom. The van der Waals surface area contributed by atoms with Gasteiger partial charge in [-0.15, -0.1) is 0 Å². The Bertz CT molecular complexity index is 389.